The van der Waals surface area contributed by atoms with E-state index < -0.39 is 0 Å². The smallest absolute Gasteiger partial charge is 0.220 e. The molecule has 0 fully saturated rings. The van der Waals surface area contributed by atoms with E-state index in [0.29, 0.717) is 14.9 Å². The molecule has 1 N–H and O–H groups in total. The largest absolute Gasteiger partial charge is 0.286 e. The topological polar surface area (TPSA) is 45.8 Å². The van der Waals surface area contributed by atoms with E-state index in [0.717, 1.165) is 0 Å². The summed E-state index contributed by atoms with van der Waals surface area (Å²) in [5.74, 6) is -0.0746. The van der Waals surface area contributed by atoms with Crippen LogP contribution >= 0.6 is 22.9 Å². The van der Waals surface area contributed by atoms with E-state index in [1.54, 1.807) is 24.4 Å². The summed E-state index contributed by atoms with van der Waals surface area (Å²) < 4.78 is 0.614. The van der Waals surface area contributed by atoms with Crippen LogP contribution in [-0.4, -0.2) is 16.0 Å². The van der Waals surface area contributed by atoms with Gasteiger partial charge in [0.05, 0.1) is 9.21 Å². The van der Waals surface area contributed by atoms with Gasteiger partial charge >= 0.3 is 0 Å². The van der Waals surface area contributed by atoms with Crippen LogP contribution in [-0.2, 0) is 0 Å². The van der Waals surface area contributed by atoms with E-state index in [-0.39, 0.29) is 5.78 Å². The molecule has 2 rings (SSSR count). The van der Waals surface area contributed by atoms with Crippen molar-refractivity contribution < 1.29 is 4.79 Å². The quantitative estimate of drug-likeness (QED) is 0.777. The lowest BCUT2D eigenvalue weighted by atomic mass is 10.2. The number of thiophene rings is 1. The van der Waals surface area contributed by atoms with Gasteiger partial charge in [0.1, 0.15) is 5.69 Å². The summed E-state index contributed by atoms with van der Waals surface area (Å²) >= 11 is 6.97. The Morgan fingerprint density at radius 3 is 2.85 bits per heavy atom. The number of hydrogen-bond acceptors (Lipinski definition) is 3. The molecule has 66 valence electrons. The van der Waals surface area contributed by atoms with Crippen molar-refractivity contribution >= 4 is 28.7 Å². The highest BCUT2D eigenvalue weighted by Gasteiger charge is 2.11. The summed E-state index contributed by atoms with van der Waals surface area (Å²) in [6, 6.07) is 5.04. The predicted molar refractivity (Wildman–Crippen MR) is 51.3 cm³/mol. The van der Waals surface area contributed by atoms with Crippen LogP contribution in [0.1, 0.15) is 15.4 Å². The third-order valence-corrected chi connectivity index (χ3v) is 2.77. The first-order chi connectivity index (χ1) is 6.27. The highest BCUT2D eigenvalue weighted by Crippen LogP contribution is 2.23. The number of nitrogens with one attached hydrogen (secondary N) is 1. The lowest BCUT2D eigenvalue weighted by molar-refractivity contribution is 0.103. The standard InChI is InChI=1S/C8H5ClN2OS/c9-7-2-1-6(13-7)8(12)5-3-4-10-11-5/h1-4H,(H,10,11). The first-order valence-electron chi connectivity index (χ1n) is 3.57. The van der Waals surface area contributed by atoms with Gasteiger partial charge < -0.3 is 0 Å². The van der Waals surface area contributed by atoms with Gasteiger partial charge in [-0.3, -0.25) is 9.89 Å². The number of hydrogen-bond donors (Lipinski definition) is 1. The highest BCUT2D eigenvalue weighted by molar-refractivity contribution is 7.18. The highest BCUT2D eigenvalue weighted by atomic mass is 35.5. The summed E-state index contributed by atoms with van der Waals surface area (Å²) in [5.41, 5.74) is 0.485. The fraction of sp³-hybridized carbons (Fsp3) is 0. The number of aromatic amines is 1. The SMILES string of the molecule is O=C(c1ccn[nH]1)c1ccc(Cl)s1. The number of carbonyl (C=O) groups excluding carboxylic acids is 1. The molecule has 0 bridgehead atoms. The Labute approximate surface area is 83.4 Å². The summed E-state index contributed by atoms with van der Waals surface area (Å²) in [4.78, 5) is 12.2. The van der Waals surface area contributed by atoms with Gasteiger partial charge in [-0.05, 0) is 18.2 Å². The Hall–Kier alpha value is -1.13. The zero-order valence-electron chi connectivity index (χ0n) is 6.45. The monoisotopic (exact) mass is 212 g/mol. The average Bonchev–Trinajstić information content (AvgIpc) is 2.72. The van der Waals surface area contributed by atoms with Gasteiger partial charge in [-0.1, -0.05) is 11.6 Å². The van der Waals surface area contributed by atoms with Gasteiger partial charge in [-0.2, -0.15) is 5.10 Å². The van der Waals surface area contributed by atoms with E-state index in [1.807, 2.05) is 0 Å². The van der Waals surface area contributed by atoms with Crippen LogP contribution in [0.4, 0.5) is 0 Å². The molecule has 0 amide bonds. The molecule has 0 aromatic carbocycles. The summed E-state index contributed by atoms with van der Waals surface area (Å²) in [5, 5.41) is 6.31. The van der Waals surface area contributed by atoms with Crippen molar-refractivity contribution in [3.63, 3.8) is 0 Å². The minimum Gasteiger partial charge on any atom is -0.286 e. The Balaban J connectivity index is 2.33. The zero-order valence-corrected chi connectivity index (χ0v) is 8.02. The average molecular weight is 213 g/mol. The molecular formula is C8H5ClN2OS. The van der Waals surface area contributed by atoms with Crippen molar-refractivity contribution in [2.45, 2.75) is 0 Å². The maximum Gasteiger partial charge on any atom is 0.220 e. The van der Waals surface area contributed by atoms with E-state index >= 15 is 0 Å². The minimum absolute atomic E-state index is 0.0746. The van der Waals surface area contributed by atoms with Crippen molar-refractivity contribution in [2.24, 2.45) is 0 Å². The van der Waals surface area contributed by atoms with Crippen LogP contribution in [0.15, 0.2) is 24.4 Å². The predicted octanol–water partition coefficient (Wildman–Crippen LogP) is 2.36. The lowest BCUT2D eigenvalue weighted by Crippen LogP contribution is -1.98. The molecule has 3 nitrogen and oxygen atoms in total. The molecule has 0 saturated carbocycles. The molecule has 13 heavy (non-hydrogen) atoms. The second kappa shape index (κ2) is 3.32. The van der Waals surface area contributed by atoms with Crippen molar-refractivity contribution in [3.8, 4) is 0 Å². The van der Waals surface area contributed by atoms with Gasteiger partial charge in [0.2, 0.25) is 5.78 Å². The third kappa shape index (κ3) is 1.64. The zero-order chi connectivity index (χ0) is 9.26. The third-order valence-electron chi connectivity index (χ3n) is 1.54. The first-order valence-corrected chi connectivity index (χ1v) is 4.76. The van der Waals surface area contributed by atoms with Crippen molar-refractivity contribution in [3.05, 3.63) is 39.3 Å². The summed E-state index contributed by atoms with van der Waals surface area (Å²) in [7, 11) is 0. The van der Waals surface area contributed by atoms with E-state index in [4.69, 9.17) is 11.6 Å². The molecule has 5 heteroatoms. The Kier molecular flexibility index (Phi) is 2.16. The molecule has 0 spiro atoms. The maximum atomic E-state index is 11.6. The number of halogens is 1. The van der Waals surface area contributed by atoms with Gasteiger partial charge in [0.15, 0.2) is 0 Å². The van der Waals surface area contributed by atoms with Crippen LogP contribution in [0.25, 0.3) is 0 Å². The first kappa shape index (κ1) is 8.47. The second-order valence-electron chi connectivity index (χ2n) is 2.40. The van der Waals surface area contributed by atoms with Crippen LogP contribution in [0.5, 0.6) is 0 Å². The minimum atomic E-state index is -0.0746. The number of ketones is 1. The van der Waals surface area contributed by atoms with E-state index in [1.165, 1.54) is 11.3 Å². The number of rotatable bonds is 2. The van der Waals surface area contributed by atoms with Crippen molar-refractivity contribution in [1.29, 1.82) is 0 Å². The molecule has 0 radical (unpaired) electrons. The molecule has 0 atom stereocenters. The Morgan fingerprint density at radius 2 is 2.31 bits per heavy atom. The Bertz CT molecular complexity index is 421. The lowest BCUT2D eigenvalue weighted by Gasteiger charge is -1.90. The maximum absolute atomic E-state index is 11.6. The van der Waals surface area contributed by atoms with Crippen LogP contribution in [0, 0.1) is 0 Å². The van der Waals surface area contributed by atoms with E-state index in [9.17, 15) is 4.79 Å². The fourth-order valence-corrected chi connectivity index (χ4v) is 1.95. The number of carbonyl (C=O) groups is 1. The molecule has 2 heterocycles. The molecule has 0 aliphatic rings. The van der Waals surface area contributed by atoms with Crippen molar-refractivity contribution in [1.82, 2.24) is 10.2 Å². The number of H-pyrrole nitrogens is 1. The Morgan fingerprint density at radius 1 is 1.46 bits per heavy atom. The van der Waals surface area contributed by atoms with Gasteiger partial charge in [0.25, 0.3) is 0 Å². The van der Waals surface area contributed by atoms with Crippen LogP contribution in [0.3, 0.4) is 0 Å². The molecule has 0 unspecified atom stereocenters. The van der Waals surface area contributed by atoms with Crippen LogP contribution < -0.4 is 0 Å². The number of aromatic nitrogens is 2. The van der Waals surface area contributed by atoms with E-state index in [2.05, 4.69) is 10.2 Å². The molecule has 0 saturated heterocycles. The molecule has 2 aromatic heterocycles. The fourth-order valence-electron chi connectivity index (χ4n) is 0.951. The van der Waals surface area contributed by atoms with Gasteiger partial charge in [-0.25, -0.2) is 0 Å². The van der Waals surface area contributed by atoms with Crippen molar-refractivity contribution in [2.75, 3.05) is 0 Å². The molecule has 0 aliphatic carbocycles. The van der Waals surface area contributed by atoms with Gasteiger partial charge in [0, 0.05) is 6.20 Å². The second-order valence-corrected chi connectivity index (χ2v) is 4.12. The normalized spacial score (nSPS) is 10.2. The summed E-state index contributed by atoms with van der Waals surface area (Å²) in [6.45, 7) is 0. The summed E-state index contributed by atoms with van der Waals surface area (Å²) in [6.07, 6.45) is 1.54. The molecule has 2 aromatic rings. The van der Waals surface area contributed by atoms with Crippen LogP contribution in [0.2, 0.25) is 4.34 Å². The number of nitrogens with zero attached hydrogens (tertiary/aromatic N) is 1. The molecular weight excluding hydrogens is 208 g/mol. The van der Waals surface area contributed by atoms with Gasteiger partial charge in [-0.15, -0.1) is 11.3 Å². The molecule has 0 aliphatic heterocycles.